The molecule has 2 N–H and O–H groups in total. The SMILES string of the molecule is CCNc1cnc(C(=O)NCC(C)(C)C(C)C)cn1. The van der Waals surface area contributed by atoms with Crippen LogP contribution < -0.4 is 10.6 Å². The van der Waals surface area contributed by atoms with Gasteiger partial charge in [-0.1, -0.05) is 27.7 Å². The zero-order valence-electron chi connectivity index (χ0n) is 12.4. The molecular weight excluding hydrogens is 240 g/mol. The van der Waals surface area contributed by atoms with Crippen molar-refractivity contribution < 1.29 is 4.79 Å². The van der Waals surface area contributed by atoms with Crippen molar-refractivity contribution in [2.45, 2.75) is 34.6 Å². The summed E-state index contributed by atoms with van der Waals surface area (Å²) in [5.41, 5.74) is 0.411. The van der Waals surface area contributed by atoms with Crippen LogP contribution in [-0.2, 0) is 0 Å². The number of amides is 1. The van der Waals surface area contributed by atoms with Gasteiger partial charge in [0.15, 0.2) is 0 Å². The Morgan fingerprint density at radius 3 is 2.47 bits per heavy atom. The second kappa shape index (κ2) is 6.50. The average Bonchev–Trinajstić information content (AvgIpc) is 2.37. The molecule has 0 saturated carbocycles. The minimum Gasteiger partial charge on any atom is -0.369 e. The van der Waals surface area contributed by atoms with Crippen LogP contribution in [0.15, 0.2) is 12.4 Å². The molecule has 0 atom stereocenters. The molecule has 1 aromatic heterocycles. The van der Waals surface area contributed by atoms with Crippen molar-refractivity contribution in [3.8, 4) is 0 Å². The number of carbonyl (C=O) groups is 1. The number of aromatic nitrogens is 2. The lowest BCUT2D eigenvalue weighted by Gasteiger charge is -2.29. The number of nitrogens with one attached hydrogen (secondary N) is 2. The smallest absolute Gasteiger partial charge is 0.271 e. The lowest BCUT2D eigenvalue weighted by Crippen LogP contribution is -2.37. The summed E-state index contributed by atoms with van der Waals surface area (Å²) in [5, 5.41) is 5.95. The Labute approximate surface area is 115 Å². The summed E-state index contributed by atoms with van der Waals surface area (Å²) in [6.45, 7) is 12.0. The van der Waals surface area contributed by atoms with Crippen LogP contribution in [-0.4, -0.2) is 29.0 Å². The Hall–Kier alpha value is -1.65. The average molecular weight is 264 g/mol. The van der Waals surface area contributed by atoms with Gasteiger partial charge < -0.3 is 10.6 Å². The molecule has 1 heterocycles. The zero-order valence-corrected chi connectivity index (χ0v) is 12.4. The number of hydrogen-bond donors (Lipinski definition) is 2. The topological polar surface area (TPSA) is 66.9 Å². The number of anilines is 1. The highest BCUT2D eigenvalue weighted by molar-refractivity contribution is 5.92. The molecule has 5 nitrogen and oxygen atoms in total. The predicted molar refractivity (Wildman–Crippen MR) is 77.1 cm³/mol. The molecule has 19 heavy (non-hydrogen) atoms. The van der Waals surface area contributed by atoms with Gasteiger partial charge in [-0.05, 0) is 18.3 Å². The molecule has 0 aliphatic carbocycles. The van der Waals surface area contributed by atoms with Crippen LogP contribution in [0.25, 0.3) is 0 Å². The molecule has 0 aliphatic heterocycles. The number of nitrogens with zero attached hydrogens (tertiary/aromatic N) is 2. The van der Waals surface area contributed by atoms with Crippen LogP contribution in [0.4, 0.5) is 5.82 Å². The minimum absolute atomic E-state index is 0.0623. The number of hydrogen-bond acceptors (Lipinski definition) is 4. The molecule has 1 amide bonds. The molecule has 0 spiro atoms. The monoisotopic (exact) mass is 264 g/mol. The van der Waals surface area contributed by atoms with E-state index in [0.717, 1.165) is 6.54 Å². The largest absolute Gasteiger partial charge is 0.369 e. The molecule has 0 aliphatic rings. The van der Waals surface area contributed by atoms with E-state index < -0.39 is 0 Å². The number of rotatable bonds is 6. The van der Waals surface area contributed by atoms with Gasteiger partial charge in [-0.3, -0.25) is 4.79 Å². The van der Waals surface area contributed by atoms with Gasteiger partial charge in [-0.15, -0.1) is 0 Å². The molecule has 0 unspecified atom stereocenters. The summed E-state index contributed by atoms with van der Waals surface area (Å²) in [7, 11) is 0. The van der Waals surface area contributed by atoms with Gasteiger partial charge in [0.1, 0.15) is 11.5 Å². The molecule has 5 heteroatoms. The summed E-state index contributed by atoms with van der Waals surface area (Å²) in [6.07, 6.45) is 3.07. The van der Waals surface area contributed by atoms with Gasteiger partial charge in [0.25, 0.3) is 5.91 Å². The van der Waals surface area contributed by atoms with Crippen LogP contribution in [0, 0.1) is 11.3 Å². The van der Waals surface area contributed by atoms with E-state index in [9.17, 15) is 4.79 Å². The molecule has 0 radical (unpaired) electrons. The van der Waals surface area contributed by atoms with E-state index in [2.05, 4.69) is 48.3 Å². The summed E-state index contributed by atoms with van der Waals surface area (Å²) < 4.78 is 0. The number of carbonyl (C=O) groups excluding carboxylic acids is 1. The fraction of sp³-hybridized carbons (Fsp3) is 0.643. The van der Waals surface area contributed by atoms with Gasteiger partial charge in [0.2, 0.25) is 0 Å². The van der Waals surface area contributed by atoms with Gasteiger partial charge in [-0.25, -0.2) is 9.97 Å². The Morgan fingerprint density at radius 2 is 2.00 bits per heavy atom. The molecule has 0 fully saturated rings. The molecular formula is C14H24N4O. The fourth-order valence-corrected chi connectivity index (χ4v) is 1.32. The Bertz CT molecular complexity index is 412. The maximum absolute atomic E-state index is 11.9. The first kappa shape index (κ1) is 15.4. The third kappa shape index (κ3) is 4.50. The van der Waals surface area contributed by atoms with Crippen LogP contribution >= 0.6 is 0 Å². The quantitative estimate of drug-likeness (QED) is 0.827. The van der Waals surface area contributed by atoms with Crippen molar-refractivity contribution in [2.75, 3.05) is 18.4 Å². The maximum Gasteiger partial charge on any atom is 0.271 e. The molecule has 106 valence electrons. The normalized spacial score (nSPS) is 11.5. The summed E-state index contributed by atoms with van der Waals surface area (Å²) >= 11 is 0. The zero-order chi connectivity index (χ0) is 14.5. The minimum atomic E-state index is -0.177. The summed E-state index contributed by atoms with van der Waals surface area (Å²) in [4.78, 5) is 20.2. The van der Waals surface area contributed by atoms with Crippen molar-refractivity contribution in [3.05, 3.63) is 18.1 Å². The van der Waals surface area contributed by atoms with Crippen molar-refractivity contribution in [1.82, 2.24) is 15.3 Å². The highest BCUT2D eigenvalue weighted by atomic mass is 16.1. The van der Waals surface area contributed by atoms with E-state index in [1.807, 2.05) is 6.92 Å². The van der Waals surface area contributed by atoms with E-state index in [1.54, 1.807) is 6.20 Å². The van der Waals surface area contributed by atoms with Crippen molar-refractivity contribution in [3.63, 3.8) is 0 Å². The van der Waals surface area contributed by atoms with Crippen molar-refractivity contribution in [1.29, 1.82) is 0 Å². The molecule has 1 aromatic rings. The highest BCUT2D eigenvalue weighted by Crippen LogP contribution is 2.24. The van der Waals surface area contributed by atoms with Gasteiger partial charge in [-0.2, -0.15) is 0 Å². The van der Waals surface area contributed by atoms with Crippen LogP contribution in [0.1, 0.15) is 45.1 Å². The second-order valence-electron chi connectivity index (χ2n) is 5.64. The van der Waals surface area contributed by atoms with Crippen molar-refractivity contribution >= 4 is 11.7 Å². The van der Waals surface area contributed by atoms with Crippen LogP contribution in [0.3, 0.4) is 0 Å². The Balaban J connectivity index is 2.59. The standard InChI is InChI=1S/C14H24N4O/c1-6-15-12-8-16-11(7-17-12)13(19)18-9-14(4,5)10(2)3/h7-8,10H,6,9H2,1-5H3,(H,15,17)(H,18,19). The van der Waals surface area contributed by atoms with E-state index in [4.69, 9.17) is 0 Å². The lowest BCUT2D eigenvalue weighted by atomic mass is 9.81. The second-order valence-corrected chi connectivity index (χ2v) is 5.64. The third-order valence-electron chi connectivity index (χ3n) is 3.51. The predicted octanol–water partition coefficient (Wildman–Crippen LogP) is 2.32. The van der Waals surface area contributed by atoms with Crippen molar-refractivity contribution in [2.24, 2.45) is 11.3 Å². The maximum atomic E-state index is 11.9. The molecule has 0 bridgehead atoms. The fourth-order valence-electron chi connectivity index (χ4n) is 1.32. The van der Waals surface area contributed by atoms with Crippen LogP contribution in [0.2, 0.25) is 0 Å². The van der Waals surface area contributed by atoms with E-state index in [0.29, 0.717) is 24.0 Å². The van der Waals surface area contributed by atoms with Gasteiger partial charge >= 0.3 is 0 Å². The lowest BCUT2D eigenvalue weighted by molar-refractivity contribution is 0.0919. The van der Waals surface area contributed by atoms with Gasteiger partial charge in [0.05, 0.1) is 12.4 Å². The third-order valence-corrected chi connectivity index (χ3v) is 3.51. The first-order valence-electron chi connectivity index (χ1n) is 6.71. The molecule has 1 rings (SSSR count). The summed E-state index contributed by atoms with van der Waals surface area (Å²) in [5.74, 6) is 1.00. The first-order valence-corrected chi connectivity index (χ1v) is 6.71. The summed E-state index contributed by atoms with van der Waals surface area (Å²) in [6, 6.07) is 0. The van der Waals surface area contributed by atoms with E-state index in [-0.39, 0.29) is 11.3 Å². The van der Waals surface area contributed by atoms with Gasteiger partial charge in [0, 0.05) is 13.1 Å². The van der Waals surface area contributed by atoms with E-state index in [1.165, 1.54) is 6.20 Å². The Morgan fingerprint density at radius 1 is 1.32 bits per heavy atom. The highest BCUT2D eigenvalue weighted by Gasteiger charge is 2.23. The Kier molecular flexibility index (Phi) is 5.27. The molecule has 0 saturated heterocycles. The molecule has 0 aromatic carbocycles. The van der Waals surface area contributed by atoms with E-state index >= 15 is 0 Å². The first-order chi connectivity index (χ1) is 8.86. The van der Waals surface area contributed by atoms with Crippen LogP contribution in [0.5, 0.6) is 0 Å².